The third-order valence-electron chi connectivity index (χ3n) is 14.5. The number of fused-ring (bicyclic) bond motifs is 6. The molecule has 0 radical (unpaired) electrons. The van der Waals surface area contributed by atoms with Crippen molar-refractivity contribution in [3.63, 3.8) is 0 Å². The Balaban J connectivity index is 0.927. The highest BCUT2D eigenvalue weighted by Gasteiger charge is 2.24. The molecule has 0 bridgehead atoms. The zero-order chi connectivity index (χ0) is 46.5. The standard InChI is InChI=1S/C66H44N2O2/c1-41-39-59(67(45-15-5-3-6-16-45)47-31-27-43(28-32-47)51-21-13-23-55-53-19-9-11-25-61(53)69-65(51)55)57-38-36-50-42(2)40-60(58-37-35-49(41)63(57)64(50)58)68(46-17-7-4-8-18-46)48-33-29-44(30-34-48)52-22-14-24-56-54-20-10-12-26-62(54)70-66(52)56/h3-40H,1-2H3. The first-order chi connectivity index (χ1) is 34.6. The lowest BCUT2D eigenvalue weighted by atomic mass is 9.88. The molecular weight excluding hydrogens is 853 g/mol. The summed E-state index contributed by atoms with van der Waals surface area (Å²) in [6.07, 6.45) is 0. The molecule has 2 aromatic heterocycles. The molecule has 0 aliphatic carbocycles. The maximum absolute atomic E-state index is 6.48. The van der Waals surface area contributed by atoms with Crippen LogP contribution in [-0.4, -0.2) is 0 Å². The third kappa shape index (κ3) is 6.16. The summed E-state index contributed by atoms with van der Waals surface area (Å²) in [6.45, 7) is 4.51. The van der Waals surface area contributed by atoms with Crippen LogP contribution in [0, 0.1) is 13.8 Å². The molecule has 0 fully saturated rings. The van der Waals surface area contributed by atoms with Crippen LogP contribution in [0.2, 0.25) is 0 Å². The van der Waals surface area contributed by atoms with E-state index < -0.39 is 0 Å². The van der Waals surface area contributed by atoms with Gasteiger partial charge in [0.1, 0.15) is 22.3 Å². The van der Waals surface area contributed by atoms with E-state index in [0.29, 0.717) is 0 Å². The van der Waals surface area contributed by atoms with Gasteiger partial charge in [-0.1, -0.05) is 158 Å². The number of nitrogens with zero attached hydrogens (tertiary/aromatic N) is 2. The minimum Gasteiger partial charge on any atom is -0.455 e. The third-order valence-corrected chi connectivity index (χ3v) is 14.5. The van der Waals surface area contributed by atoms with E-state index in [-0.39, 0.29) is 0 Å². The number of hydrogen-bond acceptors (Lipinski definition) is 4. The molecule has 0 aliphatic rings. The van der Waals surface area contributed by atoms with Crippen molar-refractivity contribution in [2.24, 2.45) is 0 Å². The molecule has 0 N–H and O–H groups in total. The van der Waals surface area contributed by atoms with E-state index in [9.17, 15) is 0 Å². The van der Waals surface area contributed by atoms with Crippen molar-refractivity contribution in [1.29, 1.82) is 0 Å². The van der Waals surface area contributed by atoms with Crippen LogP contribution in [0.3, 0.4) is 0 Å². The van der Waals surface area contributed by atoms with Crippen molar-refractivity contribution in [2.75, 3.05) is 9.80 Å². The summed E-state index contributed by atoms with van der Waals surface area (Å²) in [4.78, 5) is 4.84. The first-order valence-electron chi connectivity index (χ1n) is 24.0. The van der Waals surface area contributed by atoms with Gasteiger partial charge in [-0.25, -0.2) is 0 Å². The highest BCUT2D eigenvalue weighted by molar-refractivity contribution is 6.29. The number of anilines is 6. The van der Waals surface area contributed by atoms with Gasteiger partial charge in [0.25, 0.3) is 0 Å². The highest BCUT2D eigenvalue weighted by Crippen LogP contribution is 2.50. The highest BCUT2D eigenvalue weighted by atomic mass is 16.3. The van der Waals surface area contributed by atoms with E-state index in [0.717, 1.165) is 100 Å². The van der Waals surface area contributed by atoms with Crippen LogP contribution in [0.1, 0.15) is 11.1 Å². The van der Waals surface area contributed by atoms with Crippen LogP contribution < -0.4 is 9.80 Å². The zero-order valence-corrected chi connectivity index (χ0v) is 38.7. The second kappa shape index (κ2) is 15.7. The Kier molecular flexibility index (Phi) is 8.99. The van der Waals surface area contributed by atoms with Crippen molar-refractivity contribution in [3.05, 3.63) is 242 Å². The number of rotatable bonds is 8. The lowest BCUT2D eigenvalue weighted by Crippen LogP contribution is -2.12. The van der Waals surface area contributed by atoms with Crippen LogP contribution in [0.5, 0.6) is 0 Å². The minimum absolute atomic E-state index is 0.902. The Bertz CT molecular complexity index is 4020. The summed E-state index contributed by atoms with van der Waals surface area (Å²) in [5.74, 6) is 0. The normalized spacial score (nSPS) is 11.9. The van der Waals surface area contributed by atoms with Gasteiger partial charge in [0.2, 0.25) is 0 Å². The first-order valence-corrected chi connectivity index (χ1v) is 24.0. The summed E-state index contributed by atoms with van der Waals surface area (Å²) in [5.41, 5.74) is 17.1. The van der Waals surface area contributed by atoms with Crippen LogP contribution in [0.4, 0.5) is 34.1 Å². The Morgan fingerprint density at radius 3 is 1.07 bits per heavy atom. The first kappa shape index (κ1) is 40.0. The molecule has 70 heavy (non-hydrogen) atoms. The molecule has 330 valence electrons. The number of hydrogen-bond donors (Lipinski definition) is 0. The smallest absolute Gasteiger partial charge is 0.143 e. The number of benzene rings is 12. The van der Waals surface area contributed by atoms with Crippen molar-refractivity contribution in [1.82, 2.24) is 0 Å². The fourth-order valence-corrected chi connectivity index (χ4v) is 11.2. The molecule has 0 spiro atoms. The predicted molar refractivity (Wildman–Crippen MR) is 294 cm³/mol. The van der Waals surface area contributed by atoms with Gasteiger partial charge in [0, 0.05) is 66.2 Å². The summed E-state index contributed by atoms with van der Waals surface area (Å²) < 4.78 is 13.0. The Morgan fingerprint density at radius 2 is 0.643 bits per heavy atom. The summed E-state index contributed by atoms with van der Waals surface area (Å²) >= 11 is 0. The van der Waals surface area contributed by atoms with E-state index in [2.05, 4.69) is 230 Å². The molecule has 0 saturated heterocycles. The molecule has 0 unspecified atom stereocenters. The van der Waals surface area contributed by atoms with Crippen LogP contribution in [0.25, 0.3) is 98.4 Å². The summed E-state index contributed by atoms with van der Waals surface area (Å²) in [7, 11) is 0. The van der Waals surface area contributed by atoms with Crippen LogP contribution in [0.15, 0.2) is 239 Å². The van der Waals surface area contributed by atoms with Crippen molar-refractivity contribution in [2.45, 2.75) is 13.8 Å². The quantitative estimate of drug-likeness (QED) is 0.142. The SMILES string of the molecule is Cc1cc(N(c2ccccc2)c2ccc(-c3cccc4c3oc3ccccc34)cc2)c2ccc3c(C)cc(N(c4ccccc4)c4ccc(-c5cccc6c5oc5ccccc56)cc4)c4ccc1c2c34. The Morgan fingerprint density at radius 1 is 0.286 bits per heavy atom. The van der Waals surface area contributed by atoms with E-state index in [1.165, 1.54) is 43.4 Å². The van der Waals surface area contributed by atoms with Gasteiger partial charge in [-0.05, 0) is 130 Å². The average Bonchev–Trinajstić information content (AvgIpc) is 4.00. The minimum atomic E-state index is 0.902. The van der Waals surface area contributed by atoms with Gasteiger partial charge in [-0.15, -0.1) is 0 Å². The maximum atomic E-state index is 6.48. The molecule has 14 rings (SSSR count). The van der Waals surface area contributed by atoms with E-state index in [1.807, 2.05) is 24.3 Å². The molecule has 0 saturated carbocycles. The Hall–Kier alpha value is -9.12. The van der Waals surface area contributed by atoms with Gasteiger partial charge < -0.3 is 18.6 Å². The number of furan rings is 2. The monoisotopic (exact) mass is 896 g/mol. The molecule has 4 heteroatoms. The topological polar surface area (TPSA) is 32.8 Å². The molecule has 14 aromatic rings. The maximum Gasteiger partial charge on any atom is 0.143 e. The second-order valence-corrected chi connectivity index (χ2v) is 18.5. The van der Waals surface area contributed by atoms with E-state index in [1.54, 1.807) is 0 Å². The van der Waals surface area contributed by atoms with E-state index >= 15 is 0 Å². The summed E-state index contributed by atoms with van der Waals surface area (Å²) in [5, 5.41) is 12.0. The number of para-hydroxylation sites is 6. The summed E-state index contributed by atoms with van der Waals surface area (Å²) in [6, 6.07) is 83.0. The molecule has 4 nitrogen and oxygen atoms in total. The molecule has 2 heterocycles. The lowest BCUT2D eigenvalue weighted by molar-refractivity contribution is 0.669. The Labute approximate surface area is 404 Å². The largest absolute Gasteiger partial charge is 0.455 e. The van der Waals surface area contributed by atoms with Crippen molar-refractivity contribution >= 4 is 110 Å². The van der Waals surface area contributed by atoms with E-state index in [4.69, 9.17) is 8.83 Å². The van der Waals surface area contributed by atoms with Gasteiger partial charge in [-0.2, -0.15) is 0 Å². The number of aryl methyl sites for hydroxylation is 2. The van der Waals surface area contributed by atoms with Crippen LogP contribution >= 0.6 is 0 Å². The second-order valence-electron chi connectivity index (χ2n) is 18.5. The molecule has 12 aromatic carbocycles. The molecule has 0 amide bonds. The molecular formula is C66H44N2O2. The average molecular weight is 897 g/mol. The zero-order valence-electron chi connectivity index (χ0n) is 38.7. The van der Waals surface area contributed by atoms with Gasteiger partial charge in [0.15, 0.2) is 0 Å². The van der Waals surface area contributed by atoms with Gasteiger partial charge in [-0.3, -0.25) is 0 Å². The van der Waals surface area contributed by atoms with Crippen molar-refractivity contribution in [3.8, 4) is 22.3 Å². The fraction of sp³-hybridized carbons (Fsp3) is 0.0303. The molecule has 0 atom stereocenters. The van der Waals surface area contributed by atoms with Gasteiger partial charge >= 0.3 is 0 Å². The molecule has 0 aliphatic heterocycles. The predicted octanol–water partition coefficient (Wildman–Crippen LogP) is 19.3. The van der Waals surface area contributed by atoms with Crippen molar-refractivity contribution < 1.29 is 8.83 Å². The van der Waals surface area contributed by atoms with Crippen LogP contribution in [-0.2, 0) is 0 Å². The fourth-order valence-electron chi connectivity index (χ4n) is 11.2. The lowest BCUT2D eigenvalue weighted by Gasteiger charge is -2.30. The van der Waals surface area contributed by atoms with Gasteiger partial charge in [0.05, 0.1) is 11.4 Å².